The number of benzene rings is 1. The quantitative estimate of drug-likeness (QED) is 0.342. The van der Waals surface area contributed by atoms with E-state index >= 15 is 0 Å². The Bertz CT molecular complexity index is 1140. The number of fused-ring (bicyclic) bond motifs is 2. The zero-order valence-electron chi connectivity index (χ0n) is 14.4. The van der Waals surface area contributed by atoms with Gasteiger partial charge in [0.25, 0.3) is 0 Å². The van der Waals surface area contributed by atoms with E-state index in [2.05, 4.69) is 84.3 Å². The van der Waals surface area contributed by atoms with E-state index in [0.717, 1.165) is 0 Å². The van der Waals surface area contributed by atoms with E-state index < -0.39 is 0 Å². The second-order valence-electron chi connectivity index (χ2n) is 6.52. The average Bonchev–Trinajstić information content (AvgIpc) is 3.33. The third kappa shape index (κ3) is 2.08. The molecule has 124 valence electrons. The monoisotopic (exact) mass is 362 g/mol. The molecule has 0 unspecified atom stereocenters. The first-order valence-corrected chi connectivity index (χ1v) is 10.0. The molecular weight excluding hydrogens is 344 g/mol. The van der Waals surface area contributed by atoms with Crippen molar-refractivity contribution in [1.29, 1.82) is 0 Å². The van der Waals surface area contributed by atoms with Gasteiger partial charge in [-0.25, -0.2) is 0 Å². The molecule has 1 aromatic carbocycles. The van der Waals surface area contributed by atoms with Crippen LogP contribution in [0.2, 0.25) is 0 Å². The summed E-state index contributed by atoms with van der Waals surface area (Å²) in [5.41, 5.74) is 5.31. The number of nitrogens with zero attached hydrogens (tertiary/aromatic N) is 2. The van der Waals surface area contributed by atoms with E-state index in [1.54, 1.807) is 0 Å². The van der Waals surface area contributed by atoms with Crippen molar-refractivity contribution in [3.05, 3.63) is 59.0 Å². The van der Waals surface area contributed by atoms with Gasteiger partial charge in [-0.3, -0.25) is 0 Å². The first kappa shape index (κ1) is 15.0. The van der Waals surface area contributed by atoms with E-state index in [9.17, 15) is 0 Å². The number of rotatable bonds is 2. The van der Waals surface area contributed by atoms with Crippen molar-refractivity contribution in [1.82, 2.24) is 9.13 Å². The van der Waals surface area contributed by atoms with Crippen LogP contribution in [0.5, 0.6) is 0 Å². The van der Waals surface area contributed by atoms with E-state index in [4.69, 9.17) is 0 Å². The van der Waals surface area contributed by atoms with Gasteiger partial charge in [-0.05, 0) is 48.7 Å². The first-order chi connectivity index (χ1) is 12.1. The van der Waals surface area contributed by atoms with Crippen LogP contribution in [0.1, 0.15) is 4.88 Å². The van der Waals surface area contributed by atoms with Gasteiger partial charge in [-0.2, -0.15) is 0 Å². The zero-order valence-corrected chi connectivity index (χ0v) is 16.0. The summed E-state index contributed by atoms with van der Waals surface area (Å²) < 4.78 is 7.22. The summed E-state index contributed by atoms with van der Waals surface area (Å²) in [5, 5.41) is 4.95. The summed E-state index contributed by atoms with van der Waals surface area (Å²) in [6, 6.07) is 13.3. The van der Waals surface area contributed by atoms with Crippen LogP contribution in [0, 0.1) is 6.92 Å². The van der Waals surface area contributed by atoms with Gasteiger partial charge in [0.15, 0.2) is 0 Å². The summed E-state index contributed by atoms with van der Waals surface area (Å²) >= 11 is 3.75. The lowest BCUT2D eigenvalue weighted by Gasteiger charge is -2.13. The minimum absolute atomic E-state index is 1.29. The van der Waals surface area contributed by atoms with Gasteiger partial charge in [0, 0.05) is 74.1 Å². The number of hydrogen-bond donors (Lipinski definition) is 0. The largest absolute Gasteiger partial charge is 0.351 e. The van der Waals surface area contributed by atoms with Crippen LogP contribution in [0.4, 0.5) is 0 Å². The predicted molar refractivity (Wildman–Crippen MR) is 111 cm³/mol. The second kappa shape index (κ2) is 5.35. The minimum atomic E-state index is 1.29. The molecule has 0 atom stereocenters. The van der Waals surface area contributed by atoms with Gasteiger partial charge in [0.1, 0.15) is 0 Å². The maximum Gasteiger partial charge on any atom is 0.0498 e. The molecular formula is C21H18N2S2. The Hall–Kier alpha value is -2.30. The number of aromatic nitrogens is 2. The third-order valence-electron chi connectivity index (χ3n) is 4.91. The van der Waals surface area contributed by atoms with Crippen molar-refractivity contribution in [3.8, 4) is 22.5 Å². The van der Waals surface area contributed by atoms with Gasteiger partial charge in [0.05, 0.1) is 0 Å². The molecule has 0 saturated heterocycles. The van der Waals surface area contributed by atoms with E-state index in [1.807, 2.05) is 22.7 Å². The average molecular weight is 363 g/mol. The van der Waals surface area contributed by atoms with Gasteiger partial charge in [-0.15, -0.1) is 22.7 Å². The standard InChI is InChI=1S/C21H18N2S2/c1-13-12-15-19(17-7-5-10-23(17)3)20-14(8-11-24-20)18(21(15)25-13)16-6-4-9-22(16)2/h4-12H,1-3H3. The van der Waals surface area contributed by atoms with E-state index in [-0.39, 0.29) is 0 Å². The molecule has 4 heterocycles. The summed E-state index contributed by atoms with van der Waals surface area (Å²) in [6.07, 6.45) is 4.26. The van der Waals surface area contributed by atoms with Crippen LogP contribution in [-0.2, 0) is 14.1 Å². The highest BCUT2D eigenvalue weighted by Crippen LogP contribution is 2.48. The Morgan fingerprint density at radius 2 is 1.44 bits per heavy atom. The maximum absolute atomic E-state index is 2.36. The molecule has 0 aliphatic rings. The predicted octanol–water partition coefficient (Wildman–Crippen LogP) is 6.44. The number of thiophene rings is 2. The normalized spacial score (nSPS) is 11.8. The molecule has 0 aliphatic carbocycles. The summed E-state index contributed by atoms with van der Waals surface area (Å²) in [7, 11) is 4.26. The van der Waals surface area contributed by atoms with Crippen molar-refractivity contribution < 1.29 is 0 Å². The molecule has 0 N–H and O–H groups in total. The fourth-order valence-electron chi connectivity index (χ4n) is 3.78. The van der Waals surface area contributed by atoms with Crippen molar-refractivity contribution in [2.75, 3.05) is 0 Å². The number of hydrogen-bond acceptors (Lipinski definition) is 2. The molecule has 0 spiro atoms. The lowest BCUT2D eigenvalue weighted by molar-refractivity contribution is 0.938. The smallest absolute Gasteiger partial charge is 0.0498 e. The van der Waals surface area contributed by atoms with Crippen molar-refractivity contribution in [2.45, 2.75) is 6.92 Å². The molecule has 0 radical (unpaired) electrons. The second-order valence-corrected chi connectivity index (χ2v) is 8.69. The molecule has 0 saturated carbocycles. The van der Waals surface area contributed by atoms with Crippen molar-refractivity contribution in [2.24, 2.45) is 14.1 Å². The molecule has 2 nitrogen and oxygen atoms in total. The Labute approximate surface area is 154 Å². The Balaban J connectivity index is 2.03. The molecule has 5 aromatic rings. The van der Waals surface area contributed by atoms with E-state index in [0.29, 0.717) is 0 Å². The maximum atomic E-state index is 2.36. The van der Waals surface area contributed by atoms with Crippen LogP contribution in [0.3, 0.4) is 0 Å². The number of aryl methyl sites for hydroxylation is 3. The molecule has 0 aliphatic heterocycles. The molecule has 5 rings (SSSR count). The molecule has 25 heavy (non-hydrogen) atoms. The van der Waals surface area contributed by atoms with Gasteiger partial charge in [0.2, 0.25) is 0 Å². The zero-order chi connectivity index (χ0) is 17.1. The molecule has 4 aromatic heterocycles. The minimum Gasteiger partial charge on any atom is -0.351 e. The summed E-state index contributed by atoms with van der Waals surface area (Å²) in [4.78, 5) is 1.36. The van der Waals surface area contributed by atoms with Crippen LogP contribution in [-0.4, -0.2) is 9.13 Å². The fraction of sp³-hybridized carbons (Fsp3) is 0.143. The fourth-order valence-corrected chi connectivity index (χ4v) is 5.84. The Kier molecular flexibility index (Phi) is 3.21. The molecule has 0 bridgehead atoms. The van der Waals surface area contributed by atoms with E-state index in [1.165, 1.54) is 47.6 Å². The van der Waals surface area contributed by atoms with Crippen molar-refractivity contribution in [3.63, 3.8) is 0 Å². The molecule has 0 amide bonds. The van der Waals surface area contributed by atoms with Crippen LogP contribution >= 0.6 is 22.7 Å². The Morgan fingerprint density at radius 3 is 2.04 bits per heavy atom. The summed E-state index contributed by atoms with van der Waals surface area (Å²) in [5.74, 6) is 0. The lowest BCUT2D eigenvalue weighted by Crippen LogP contribution is -1.93. The van der Waals surface area contributed by atoms with Crippen molar-refractivity contribution >= 4 is 42.8 Å². The topological polar surface area (TPSA) is 9.86 Å². The highest BCUT2D eigenvalue weighted by atomic mass is 32.1. The first-order valence-electron chi connectivity index (χ1n) is 8.32. The highest BCUT2D eigenvalue weighted by Gasteiger charge is 2.21. The summed E-state index contributed by atoms with van der Waals surface area (Å²) in [6.45, 7) is 2.21. The van der Waals surface area contributed by atoms with Gasteiger partial charge >= 0.3 is 0 Å². The van der Waals surface area contributed by atoms with Crippen LogP contribution < -0.4 is 0 Å². The SMILES string of the molecule is Cc1cc2c(-c3cccn3C)c3sccc3c(-c3cccn3C)c2s1. The van der Waals surface area contributed by atoms with Gasteiger partial charge < -0.3 is 9.13 Å². The third-order valence-corrected chi connectivity index (χ3v) is 6.91. The van der Waals surface area contributed by atoms with Crippen LogP contribution in [0.15, 0.2) is 54.2 Å². The van der Waals surface area contributed by atoms with Gasteiger partial charge in [-0.1, -0.05) is 0 Å². The highest BCUT2D eigenvalue weighted by molar-refractivity contribution is 7.21. The molecule has 0 fully saturated rings. The van der Waals surface area contributed by atoms with Crippen LogP contribution in [0.25, 0.3) is 42.7 Å². The lowest BCUT2D eigenvalue weighted by atomic mass is 9.98. The Morgan fingerprint density at radius 1 is 0.800 bits per heavy atom. The molecule has 4 heteroatoms.